The van der Waals surface area contributed by atoms with Gasteiger partial charge in [-0.1, -0.05) is 56.3 Å². The molecule has 0 amide bonds. The Morgan fingerprint density at radius 2 is 1.86 bits per heavy atom. The number of thiophene rings is 1. The average molecular weight is 608 g/mol. The molecule has 2 N–H and O–H groups in total. The number of hydrogen-bond acceptors (Lipinski definition) is 7. The molecule has 1 saturated heterocycles. The van der Waals surface area contributed by atoms with Crippen molar-refractivity contribution in [2.75, 3.05) is 25.0 Å². The van der Waals surface area contributed by atoms with Crippen LogP contribution in [0.2, 0.25) is 0 Å². The average Bonchev–Trinajstić information content (AvgIpc) is 3.17. The molecule has 0 saturated carbocycles. The van der Waals surface area contributed by atoms with Crippen molar-refractivity contribution in [3.05, 3.63) is 69.5 Å². The lowest BCUT2D eigenvalue weighted by molar-refractivity contribution is 0.0461. The van der Waals surface area contributed by atoms with E-state index in [0.29, 0.717) is 30.4 Å². The number of anilines is 1. The highest BCUT2D eigenvalue weighted by molar-refractivity contribution is 9.10. The Labute approximate surface area is 230 Å². The molecule has 2 heterocycles. The number of hydrogen-bond donors (Lipinski definition) is 2. The van der Waals surface area contributed by atoms with Gasteiger partial charge in [0, 0.05) is 24.8 Å². The van der Waals surface area contributed by atoms with Gasteiger partial charge in [-0.15, -0.1) is 11.3 Å². The molecule has 0 atom stereocenters. The first kappa shape index (κ1) is 27.6. The summed E-state index contributed by atoms with van der Waals surface area (Å²) < 4.78 is 33.0. The second-order valence-corrected chi connectivity index (χ2v) is 13.3. The van der Waals surface area contributed by atoms with Crippen molar-refractivity contribution >= 4 is 48.9 Å². The molecule has 0 spiro atoms. The van der Waals surface area contributed by atoms with Gasteiger partial charge in [-0.05, 0) is 57.9 Å². The second kappa shape index (κ2) is 12.0. The van der Waals surface area contributed by atoms with Gasteiger partial charge >= 0.3 is 5.97 Å². The number of aromatic hydroxyl groups is 1. The summed E-state index contributed by atoms with van der Waals surface area (Å²) in [4.78, 5) is 13.4. The molecular formula is C27H31BrN2O5S2. The molecule has 2 aromatic carbocycles. The highest BCUT2D eigenvalue weighted by Gasteiger charge is 2.28. The second-order valence-electron chi connectivity index (χ2n) is 9.56. The molecule has 1 aliphatic rings. The van der Waals surface area contributed by atoms with Gasteiger partial charge in [-0.25, -0.2) is 17.5 Å². The van der Waals surface area contributed by atoms with Gasteiger partial charge in [0.15, 0.2) is 10.6 Å². The topological polar surface area (TPSA) is 95.9 Å². The van der Waals surface area contributed by atoms with E-state index in [-0.39, 0.29) is 34.9 Å². The highest BCUT2D eigenvalue weighted by Crippen LogP contribution is 2.45. The highest BCUT2D eigenvalue weighted by atomic mass is 79.9. The first-order chi connectivity index (χ1) is 17.6. The lowest BCUT2D eigenvalue weighted by Crippen LogP contribution is -2.42. The van der Waals surface area contributed by atoms with E-state index in [0.717, 1.165) is 21.7 Å². The Balaban J connectivity index is 1.40. The summed E-state index contributed by atoms with van der Waals surface area (Å²) in [5, 5.41) is 14.0. The Kier molecular flexibility index (Phi) is 8.94. The number of nitrogens with zero attached hydrogens (tertiary/aromatic N) is 1. The Bertz CT molecular complexity index is 1330. The van der Waals surface area contributed by atoms with E-state index in [4.69, 9.17) is 4.74 Å². The van der Waals surface area contributed by atoms with Crippen LogP contribution in [0.4, 0.5) is 5.69 Å². The fourth-order valence-corrected chi connectivity index (χ4v) is 7.52. The number of carbonyl (C=O) groups excluding carboxylic acids is 1. The van der Waals surface area contributed by atoms with Crippen molar-refractivity contribution in [1.29, 1.82) is 0 Å². The number of nitrogens with one attached hydrogen (secondary N) is 1. The molecule has 7 nitrogen and oxygen atoms in total. The first-order valence-corrected chi connectivity index (χ1v) is 15.4. The molecule has 10 heteroatoms. The van der Waals surface area contributed by atoms with Crippen LogP contribution >= 0.6 is 27.3 Å². The van der Waals surface area contributed by atoms with Crippen LogP contribution in [0, 0.1) is 5.92 Å². The van der Waals surface area contributed by atoms with E-state index in [9.17, 15) is 18.3 Å². The third kappa shape index (κ3) is 6.93. The van der Waals surface area contributed by atoms with E-state index in [1.54, 1.807) is 4.31 Å². The van der Waals surface area contributed by atoms with Gasteiger partial charge in [0.2, 0.25) is 10.0 Å². The van der Waals surface area contributed by atoms with Crippen LogP contribution in [0.3, 0.4) is 0 Å². The first-order valence-electron chi connectivity index (χ1n) is 12.2. The zero-order valence-electron chi connectivity index (χ0n) is 20.8. The predicted molar refractivity (Wildman–Crippen MR) is 152 cm³/mol. The van der Waals surface area contributed by atoms with Crippen molar-refractivity contribution in [3.63, 3.8) is 0 Å². The van der Waals surface area contributed by atoms with Crippen LogP contribution in [0.15, 0.2) is 59.1 Å². The number of halogens is 1. The van der Waals surface area contributed by atoms with E-state index in [2.05, 4.69) is 21.2 Å². The number of ether oxygens (including phenoxy) is 1. The molecule has 3 aromatic rings. The maximum absolute atomic E-state index is 12.9. The zero-order valence-corrected chi connectivity index (χ0v) is 24.0. The molecule has 0 bridgehead atoms. The van der Waals surface area contributed by atoms with Crippen LogP contribution in [-0.4, -0.2) is 49.5 Å². The molecule has 0 radical (unpaired) electrons. The minimum absolute atomic E-state index is 0.0174. The van der Waals surface area contributed by atoms with E-state index in [1.807, 2.05) is 68.4 Å². The molecule has 198 valence electrons. The minimum atomic E-state index is -3.36. The fourth-order valence-electron chi connectivity index (χ4n) is 4.17. The number of carbonyl (C=O) groups is 1. The van der Waals surface area contributed by atoms with Crippen molar-refractivity contribution in [3.8, 4) is 16.2 Å². The Morgan fingerprint density at radius 1 is 1.16 bits per heavy atom. The third-order valence-corrected chi connectivity index (χ3v) is 10.2. The number of esters is 1. The van der Waals surface area contributed by atoms with Gasteiger partial charge in [-0.3, -0.25) is 0 Å². The lowest BCUT2D eigenvalue weighted by Gasteiger charge is -2.32. The molecule has 0 aliphatic carbocycles. The number of rotatable bonds is 9. The molecular weight excluding hydrogens is 576 g/mol. The van der Waals surface area contributed by atoms with Crippen molar-refractivity contribution in [1.82, 2.24) is 4.31 Å². The van der Waals surface area contributed by atoms with Crippen LogP contribution in [-0.2, 0) is 20.5 Å². The summed E-state index contributed by atoms with van der Waals surface area (Å²) in [5.74, 6) is -0.432. The van der Waals surface area contributed by atoms with Gasteiger partial charge in [-0.2, -0.15) is 0 Å². The fraction of sp³-hybridized carbons (Fsp3) is 0.370. The van der Waals surface area contributed by atoms with E-state index in [1.165, 1.54) is 11.3 Å². The largest absolute Gasteiger partial charge is 0.505 e. The number of piperidine rings is 1. The Morgan fingerprint density at radius 3 is 2.54 bits per heavy atom. The smallest absolute Gasteiger partial charge is 0.352 e. The van der Waals surface area contributed by atoms with Crippen LogP contribution in [0.1, 0.15) is 41.9 Å². The van der Waals surface area contributed by atoms with E-state index < -0.39 is 16.0 Å². The van der Waals surface area contributed by atoms with Gasteiger partial charge in [0.05, 0.1) is 21.7 Å². The molecule has 4 rings (SSSR count). The van der Waals surface area contributed by atoms with Gasteiger partial charge < -0.3 is 15.2 Å². The normalized spacial score (nSPS) is 15.1. The van der Waals surface area contributed by atoms with Gasteiger partial charge in [0.1, 0.15) is 0 Å². The third-order valence-electron chi connectivity index (χ3n) is 6.09. The summed E-state index contributed by atoms with van der Waals surface area (Å²) in [6.45, 7) is 5.14. The maximum Gasteiger partial charge on any atom is 0.352 e. The zero-order chi connectivity index (χ0) is 26.6. The molecule has 0 unspecified atom stereocenters. The summed E-state index contributed by atoms with van der Waals surface area (Å²) in [7, 11) is -3.36. The van der Waals surface area contributed by atoms with Crippen LogP contribution in [0.25, 0.3) is 10.4 Å². The minimum Gasteiger partial charge on any atom is -0.505 e. The van der Waals surface area contributed by atoms with Crippen molar-refractivity contribution in [2.45, 2.75) is 38.5 Å². The summed E-state index contributed by atoms with van der Waals surface area (Å²) in [6.07, 6.45) is 1.40. The monoisotopic (exact) mass is 606 g/mol. The predicted octanol–water partition coefficient (Wildman–Crippen LogP) is 6.10. The Hall–Kier alpha value is -2.40. The van der Waals surface area contributed by atoms with E-state index >= 15 is 0 Å². The molecule has 1 fully saturated rings. The van der Waals surface area contributed by atoms with Crippen LogP contribution < -0.4 is 5.32 Å². The van der Waals surface area contributed by atoms with Crippen molar-refractivity contribution in [2.24, 2.45) is 5.92 Å². The van der Waals surface area contributed by atoms with Crippen molar-refractivity contribution < 1.29 is 23.1 Å². The quantitative estimate of drug-likeness (QED) is 0.286. The lowest BCUT2D eigenvalue weighted by atomic mass is 10.1. The summed E-state index contributed by atoms with van der Waals surface area (Å²) >= 11 is 4.61. The molecule has 37 heavy (non-hydrogen) atoms. The molecule has 1 aromatic heterocycles. The maximum atomic E-state index is 12.9. The summed E-state index contributed by atoms with van der Waals surface area (Å²) in [6, 6.07) is 17.2. The molecule has 1 aliphatic heterocycles. The SMILES string of the molecule is CC(C)COC(=O)c1sc(-c2cccc(NC3CCN(S(=O)(=O)Cc4ccccc4)CC3)c2)c(Br)c1O. The number of benzene rings is 2. The summed E-state index contributed by atoms with van der Waals surface area (Å²) in [5.41, 5.74) is 2.54. The van der Waals surface area contributed by atoms with Gasteiger partial charge in [0.25, 0.3) is 0 Å². The standard InChI is InChI=1S/C27H31BrN2O5S2/c1-18(2)16-35-27(32)26-24(31)23(28)25(36-26)20-9-6-10-22(15-20)29-21-11-13-30(14-12-21)37(33,34)17-19-7-4-3-5-8-19/h3-10,15,18,21,29,31H,11-14,16-17H2,1-2H3. The van der Waals surface area contributed by atoms with Crippen LogP contribution in [0.5, 0.6) is 5.75 Å². The number of sulfonamides is 1.